The fourth-order valence-corrected chi connectivity index (χ4v) is 2.09. The van der Waals surface area contributed by atoms with Crippen molar-refractivity contribution in [3.63, 3.8) is 0 Å². The smallest absolute Gasteiger partial charge is 0.273 e. The Morgan fingerprint density at radius 3 is 2.38 bits per heavy atom. The van der Waals surface area contributed by atoms with Gasteiger partial charge in [-0.3, -0.25) is 9.69 Å². The van der Waals surface area contributed by atoms with Crippen molar-refractivity contribution >= 4 is 40.0 Å². The van der Waals surface area contributed by atoms with Gasteiger partial charge in [-0.15, -0.1) is 0 Å². The van der Waals surface area contributed by atoms with E-state index in [0.717, 1.165) is 4.90 Å². The number of aliphatic hydroxyl groups is 2. The molecule has 1 aliphatic rings. The van der Waals surface area contributed by atoms with Gasteiger partial charge in [-0.25, -0.2) is 4.90 Å². The molecule has 0 aromatic rings. The molecule has 0 radical (unpaired) electrons. The second-order valence-corrected chi connectivity index (χ2v) is 5.09. The van der Waals surface area contributed by atoms with Crippen LogP contribution in [0.15, 0.2) is 0 Å². The van der Waals surface area contributed by atoms with E-state index in [0.29, 0.717) is 13.1 Å². The van der Waals surface area contributed by atoms with Crippen LogP contribution in [0.5, 0.6) is 0 Å². The summed E-state index contributed by atoms with van der Waals surface area (Å²) in [6.07, 6.45) is -2.50. The lowest BCUT2D eigenvalue weighted by Gasteiger charge is -2.45. The van der Waals surface area contributed by atoms with Crippen molar-refractivity contribution in [2.75, 3.05) is 19.6 Å². The van der Waals surface area contributed by atoms with Gasteiger partial charge in [0, 0.05) is 13.1 Å². The Morgan fingerprint density at radius 2 is 1.94 bits per heavy atom. The van der Waals surface area contributed by atoms with Gasteiger partial charge in [0.15, 0.2) is 0 Å². The molecule has 0 aliphatic carbocycles. The molecule has 16 heavy (non-hydrogen) atoms. The molecule has 2 N–H and O–H groups in total. The number of carbonyl (C=O) groups is 1. The van der Waals surface area contributed by atoms with Crippen molar-refractivity contribution in [3.8, 4) is 0 Å². The number of nitrogens with zero attached hydrogens (tertiary/aromatic N) is 2. The number of hydrogen-bond donors (Lipinski definition) is 2. The van der Waals surface area contributed by atoms with Gasteiger partial charge in [-0.05, 0) is 18.1 Å². The largest absolute Gasteiger partial charge is 0.374 e. The quantitative estimate of drug-likeness (QED) is 0.440. The number of halogens is 3. The summed E-state index contributed by atoms with van der Waals surface area (Å²) in [5.41, 5.74) is 0. The van der Waals surface area contributed by atoms with Crippen LogP contribution in [0.4, 0.5) is 0 Å². The standard InChI is InChI=1S/C8H13Cl3N2O3/c1-2-12-3-4-13(6(15)5(12)14)8(10,11)7(9)16/h5-6,14-15H,2-4H2,1H3. The maximum Gasteiger partial charge on any atom is 0.273 e. The van der Waals surface area contributed by atoms with E-state index in [4.69, 9.17) is 34.8 Å². The van der Waals surface area contributed by atoms with Crippen LogP contribution in [0.1, 0.15) is 6.92 Å². The highest BCUT2D eigenvalue weighted by Gasteiger charge is 2.47. The zero-order chi connectivity index (χ0) is 12.5. The maximum atomic E-state index is 11.0. The Balaban J connectivity index is 2.82. The Labute approximate surface area is 108 Å². The number of likely N-dealkylation sites (N-methyl/N-ethyl adjacent to an activating group) is 1. The first-order valence-electron chi connectivity index (χ1n) is 4.77. The molecule has 0 saturated carbocycles. The van der Waals surface area contributed by atoms with E-state index in [2.05, 4.69) is 0 Å². The maximum absolute atomic E-state index is 11.0. The van der Waals surface area contributed by atoms with Gasteiger partial charge in [-0.1, -0.05) is 30.1 Å². The zero-order valence-corrected chi connectivity index (χ0v) is 10.9. The van der Waals surface area contributed by atoms with E-state index in [9.17, 15) is 15.0 Å². The zero-order valence-electron chi connectivity index (χ0n) is 8.61. The molecule has 5 nitrogen and oxygen atoms in total. The summed E-state index contributed by atoms with van der Waals surface area (Å²) >= 11 is 16.7. The predicted octanol–water partition coefficient (Wildman–Crippen LogP) is 0.157. The van der Waals surface area contributed by atoms with Gasteiger partial charge >= 0.3 is 0 Å². The summed E-state index contributed by atoms with van der Waals surface area (Å²) in [5.74, 6) is 0. The highest BCUT2D eigenvalue weighted by atomic mass is 35.5. The Bertz CT molecular complexity index is 277. The van der Waals surface area contributed by atoms with Crippen LogP contribution in [-0.4, -0.2) is 61.8 Å². The SMILES string of the molecule is CCN1CCN(C(Cl)(Cl)C(=O)Cl)C(O)C1O. The lowest BCUT2D eigenvalue weighted by molar-refractivity contribution is -0.184. The van der Waals surface area contributed by atoms with Crippen molar-refractivity contribution in [3.05, 3.63) is 0 Å². The summed E-state index contributed by atoms with van der Waals surface area (Å²) in [6.45, 7) is 3.07. The molecule has 8 heteroatoms. The van der Waals surface area contributed by atoms with Gasteiger partial charge < -0.3 is 10.2 Å². The second-order valence-electron chi connectivity index (χ2n) is 3.46. The summed E-state index contributed by atoms with van der Waals surface area (Å²) in [4.78, 5) is 13.7. The molecular weight excluding hydrogens is 278 g/mol. The minimum Gasteiger partial charge on any atom is -0.374 e. The number of carbonyl (C=O) groups excluding carboxylic acids is 1. The first kappa shape index (κ1) is 14.4. The summed E-state index contributed by atoms with van der Waals surface area (Å²) < 4.78 is -2.03. The second kappa shape index (κ2) is 5.35. The van der Waals surface area contributed by atoms with E-state index >= 15 is 0 Å². The van der Waals surface area contributed by atoms with Gasteiger partial charge in [-0.2, -0.15) is 0 Å². The number of rotatable bonds is 3. The first-order chi connectivity index (χ1) is 7.32. The van der Waals surface area contributed by atoms with Crippen LogP contribution in [0.2, 0.25) is 0 Å². The summed E-state index contributed by atoms with van der Waals surface area (Å²) in [6, 6.07) is 0. The highest BCUT2D eigenvalue weighted by Crippen LogP contribution is 2.33. The van der Waals surface area contributed by atoms with E-state index in [1.807, 2.05) is 6.92 Å². The third-order valence-corrected chi connectivity index (χ3v) is 3.84. The topological polar surface area (TPSA) is 64.0 Å². The van der Waals surface area contributed by atoms with E-state index < -0.39 is 22.2 Å². The molecule has 0 bridgehead atoms. The Morgan fingerprint density at radius 1 is 1.38 bits per heavy atom. The molecule has 0 aromatic heterocycles. The fraction of sp³-hybridized carbons (Fsp3) is 0.875. The molecule has 2 atom stereocenters. The molecule has 94 valence electrons. The minimum atomic E-state index is -2.03. The third-order valence-electron chi connectivity index (χ3n) is 2.59. The summed E-state index contributed by atoms with van der Waals surface area (Å²) in [7, 11) is 0. The average Bonchev–Trinajstić information content (AvgIpc) is 2.21. The van der Waals surface area contributed by atoms with Crippen molar-refractivity contribution in [2.24, 2.45) is 0 Å². The molecule has 0 amide bonds. The van der Waals surface area contributed by atoms with E-state index in [-0.39, 0.29) is 6.54 Å². The van der Waals surface area contributed by atoms with Crippen LogP contribution in [0.3, 0.4) is 0 Å². The fourth-order valence-electron chi connectivity index (χ4n) is 1.61. The molecule has 0 spiro atoms. The molecule has 1 heterocycles. The van der Waals surface area contributed by atoms with E-state index in [1.165, 1.54) is 0 Å². The monoisotopic (exact) mass is 290 g/mol. The van der Waals surface area contributed by atoms with Crippen LogP contribution in [0.25, 0.3) is 0 Å². The molecule has 1 fully saturated rings. The minimum absolute atomic E-state index is 0.234. The predicted molar refractivity (Wildman–Crippen MR) is 61.3 cm³/mol. The van der Waals surface area contributed by atoms with Crippen molar-refractivity contribution < 1.29 is 15.0 Å². The van der Waals surface area contributed by atoms with Gasteiger partial charge in [0.25, 0.3) is 5.24 Å². The van der Waals surface area contributed by atoms with Crippen molar-refractivity contribution in [1.29, 1.82) is 0 Å². The first-order valence-corrected chi connectivity index (χ1v) is 5.90. The van der Waals surface area contributed by atoms with Gasteiger partial charge in [0.1, 0.15) is 12.5 Å². The molecule has 2 unspecified atom stereocenters. The van der Waals surface area contributed by atoms with Gasteiger partial charge in [0.2, 0.25) is 4.46 Å². The summed E-state index contributed by atoms with van der Waals surface area (Å²) in [5, 5.41) is 18.5. The van der Waals surface area contributed by atoms with Crippen LogP contribution in [0, 0.1) is 0 Å². The Kier molecular flexibility index (Phi) is 4.83. The number of aliphatic hydroxyl groups excluding tert-OH is 2. The molecule has 1 rings (SSSR count). The lowest BCUT2D eigenvalue weighted by atomic mass is 10.2. The van der Waals surface area contributed by atoms with Crippen LogP contribution < -0.4 is 0 Å². The number of alkyl halides is 2. The Hall–Kier alpha value is 0.380. The third kappa shape index (κ3) is 2.61. The van der Waals surface area contributed by atoms with Crippen LogP contribution in [-0.2, 0) is 4.79 Å². The molecule has 0 aromatic carbocycles. The number of piperazine rings is 1. The lowest BCUT2D eigenvalue weighted by Crippen LogP contribution is -2.64. The van der Waals surface area contributed by atoms with Crippen LogP contribution >= 0.6 is 34.8 Å². The van der Waals surface area contributed by atoms with Crippen molar-refractivity contribution in [1.82, 2.24) is 9.80 Å². The number of hydrogen-bond acceptors (Lipinski definition) is 5. The van der Waals surface area contributed by atoms with Crippen molar-refractivity contribution in [2.45, 2.75) is 23.8 Å². The molecular formula is C8H13Cl3N2O3. The average molecular weight is 292 g/mol. The normalized spacial score (nSPS) is 29.4. The highest BCUT2D eigenvalue weighted by molar-refractivity contribution is 6.78. The molecule has 1 aliphatic heterocycles. The van der Waals surface area contributed by atoms with E-state index in [1.54, 1.807) is 4.90 Å². The molecule has 1 saturated heterocycles. The van der Waals surface area contributed by atoms with Gasteiger partial charge in [0.05, 0.1) is 0 Å².